The molecule has 2 rings (SSSR count). The van der Waals surface area contributed by atoms with Gasteiger partial charge in [0.1, 0.15) is 11.6 Å². The van der Waals surface area contributed by atoms with Gasteiger partial charge in [0.05, 0.1) is 19.2 Å². The minimum atomic E-state index is 0.371. The van der Waals surface area contributed by atoms with E-state index in [1.165, 1.54) is 5.56 Å². The number of hydrogen-bond donors (Lipinski definition) is 1. The lowest BCUT2D eigenvalue weighted by Gasteiger charge is -2.10. The maximum Gasteiger partial charge on any atom is 0.185 e. The Morgan fingerprint density at radius 3 is 2.63 bits per heavy atom. The first-order valence-electron chi connectivity index (χ1n) is 6.35. The molecule has 0 atom stereocenters. The van der Waals surface area contributed by atoms with Crippen LogP contribution in [0.2, 0.25) is 0 Å². The van der Waals surface area contributed by atoms with Crippen LogP contribution in [-0.4, -0.2) is 21.9 Å². The highest BCUT2D eigenvalue weighted by atomic mass is 16.5. The van der Waals surface area contributed by atoms with Crippen LogP contribution in [0.15, 0.2) is 18.2 Å². The van der Waals surface area contributed by atoms with E-state index >= 15 is 0 Å². The van der Waals surface area contributed by atoms with E-state index in [2.05, 4.69) is 36.1 Å². The molecule has 1 aromatic heterocycles. The van der Waals surface area contributed by atoms with Crippen molar-refractivity contribution < 1.29 is 4.74 Å². The standard InChI is InChI=1S/C14H20N4O/c1-9(2)10-5-6-12(19-4)11(7-10)14-16-13(8-15)18(3)17-14/h5-7,9H,8,15H2,1-4H3. The van der Waals surface area contributed by atoms with Gasteiger partial charge in [-0.25, -0.2) is 4.98 Å². The van der Waals surface area contributed by atoms with Gasteiger partial charge >= 0.3 is 0 Å². The molecule has 0 radical (unpaired) electrons. The first-order chi connectivity index (χ1) is 9.06. The van der Waals surface area contributed by atoms with Gasteiger partial charge in [0.2, 0.25) is 0 Å². The zero-order chi connectivity index (χ0) is 14.0. The van der Waals surface area contributed by atoms with Gasteiger partial charge in [-0.1, -0.05) is 19.9 Å². The van der Waals surface area contributed by atoms with Crippen LogP contribution in [0.25, 0.3) is 11.4 Å². The van der Waals surface area contributed by atoms with Crippen LogP contribution in [0.3, 0.4) is 0 Å². The Morgan fingerprint density at radius 2 is 2.11 bits per heavy atom. The third-order valence-corrected chi connectivity index (χ3v) is 3.17. The van der Waals surface area contributed by atoms with Crippen LogP contribution in [0, 0.1) is 0 Å². The molecular formula is C14H20N4O. The number of hydrogen-bond acceptors (Lipinski definition) is 4. The quantitative estimate of drug-likeness (QED) is 0.914. The van der Waals surface area contributed by atoms with Crippen molar-refractivity contribution in [3.05, 3.63) is 29.6 Å². The van der Waals surface area contributed by atoms with Crippen LogP contribution in [0.1, 0.15) is 31.2 Å². The second kappa shape index (κ2) is 5.40. The predicted octanol–water partition coefficient (Wildman–Crippen LogP) is 2.07. The van der Waals surface area contributed by atoms with Crippen LogP contribution >= 0.6 is 0 Å². The Kier molecular flexibility index (Phi) is 3.85. The molecule has 0 amide bonds. The summed E-state index contributed by atoms with van der Waals surface area (Å²) in [7, 11) is 3.50. The second-order valence-electron chi connectivity index (χ2n) is 4.79. The molecule has 102 valence electrons. The lowest BCUT2D eigenvalue weighted by molar-refractivity contribution is 0.416. The summed E-state index contributed by atoms with van der Waals surface area (Å²) >= 11 is 0. The Balaban J connectivity index is 2.54. The molecule has 2 aromatic rings. The van der Waals surface area contributed by atoms with E-state index in [9.17, 15) is 0 Å². The van der Waals surface area contributed by atoms with Crippen molar-refractivity contribution in [3.63, 3.8) is 0 Å². The number of aryl methyl sites for hydroxylation is 1. The van der Waals surface area contributed by atoms with Crippen molar-refractivity contribution in [2.24, 2.45) is 12.8 Å². The van der Waals surface area contributed by atoms with Crippen LogP contribution in [0.5, 0.6) is 5.75 Å². The molecule has 19 heavy (non-hydrogen) atoms. The van der Waals surface area contributed by atoms with Gasteiger partial charge in [0.25, 0.3) is 0 Å². The minimum Gasteiger partial charge on any atom is -0.496 e. The third-order valence-electron chi connectivity index (χ3n) is 3.17. The zero-order valence-electron chi connectivity index (χ0n) is 11.8. The molecule has 0 spiro atoms. The molecule has 0 aliphatic heterocycles. The smallest absolute Gasteiger partial charge is 0.185 e. The van der Waals surface area contributed by atoms with Gasteiger partial charge < -0.3 is 10.5 Å². The molecule has 0 saturated carbocycles. The molecule has 0 bridgehead atoms. The van der Waals surface area contributed by atoms with Crippen LogP contribution in [0.4, 0.5) is 0 Å². The van der Waals surface area contributed by atoms with Gasteiger partial charge in [0.15, 0.2) is 5.82 Å². The molecule has 5 nitrogen and oxygen atoms in total. The third kappa shape index (κ3) is 2.61. The van der Waals surface area contributed by atoms with E-state index in [-0.39, 0.29) is 0 Å². The van der Waals surface area contributed by atoms with E-state index in [1.807, 2.05) is 13.1 Å². The van der Waals surface area contributed by atoms with Gasteiger partial charge in [0, 0.05) is 7.05 Å². The fraction of sp³-hybridized carbons (Fsp3) is 0.429. The Bertz CT molecular complexity index is 575. The highest BCUT2D eigenvalue weighted by Crippen LogP contribution is 2.31. The molecule has 2 N–H and O–H groups in total. The van der Waals surface area contributed by atoms with Gasteiger partial charge in [-0.2, -0.15) is 5.10 Å². The number of benzene rings is 1. The number of aromatic nitrogens is 3. The minimum absolute atomic E-state index is 0.371. The summed E-state index contributed by atoms with van der Waals surface area (Å²) in [4.78, 5) is 4.45. The zero-order valence-corrected chi connectivity index (χ0v) is 11.8. The molecule has 0 aliphatic carbocycles. The summed E-state index contributed by atoms with van der Waals surface area (Å²) in [6.45, 7) is 4.68. The Hall–Kier alpha value is -1.88. The number of methoxy groups -OCH3 is 1. The predicted molar refractivity (Wildman–Crippen MR) is 75.0 cm³/mol. The molecular weight excluding hydrogens is 240 g/mol. The summed E-state index contributed by atoms with van der Waals surface area (Å²) in [5, 5.41) is 4.41. The van der Waals surface area contributed by atoms with Gasteiger partial charge in [-0.15, -0.1) is 0 Å². The van der Waals surface area contributed by atoms with Crippen molar-refractivity contribution in [1.82, 2.24) is 14.8 Å². The highest BCUT2D eigenvalue weighted by molar-refractivity contribution is 5.65. The van der Waals surface area contributed by atoms with E-state index in [4.69, 9.17) is 10.5 Å². The SMILES string of the molecule is COc1ccc(C(C)C)cc1-c1nc(CN)n(C)n1. The first kappa shape index (κ1) is 13.5. The van der Waals surface area contributed by atoms with Crippen molar-refractivity contribution in [2.45, 2.75) is 26.3 Å². The topological polar surface area (TPSA) is 66.0 Å². The molecule has 0 aliphatic rings. The summed E-state index contributed by atoms with van der Waals surface area (Å²) in [5.74, 6) is 2.63. The van der Waals surface area contributed by atoms with Gasteiger partial charge in [-0.05, 0) is 23.6 Å². The maximum atomic E-state index is 5.64. The highest BCUT2D eigenvalue weighted by Gasteiger charge is 2.14. The van der Waals surface area contributed by atoms with E-state index < -0.39 is 0 Å². The summed E-state index contributed by atoms with van der Waals surface area (Å²) in [5.41, 5.74) is 7.78. The summed E-state index contributed by atoms with van der Waals surface area (Å²) < 4.78 is 7.10. The summed E-state index contributed by atoms with van der Waals surface area (Å²) in [6, 6.07) is 6.11. The normalized spacial score (nSPS) is 11.1. The first-order valence-corrected chi connectivity index (χ1v) is 6.35. The number of nitrogens with two attached hydrogens (primary N) is 1. The van der Waals surface area contributed by atoms with E-state index in [0.717, 1.165) is 17.1 Å². The average Bonchev–Trinajstić information content (AvgIpc) is 2.79. The molecule has 1 aromatic carbocycles. The molecule has 0 fully saturated rings. The summed E-state index contributed by atoms with van der Waals surface area (Å²) in [6.07, 6.45) is 0. The maximum absolute atomic E-state index is 5.64. The van der Waals surface area contributed by atoms with E-state index in [0.29, 0.717) is 18.3 Å². The fourth-order valence-corrected chi connectivity index (χ4v) is 1.97. The molecule has 1 heterocycles. The van der Waals surface area contributed by atoms with Crippen molar-refractivity contribution in [2.75, 3.05) is 7.11 Å². The lowest BCUT2D eigenvalue weighted by atomic mass is 10.00. The van der Waals surface area contributed by atoms with Crippen molar-refractivity contribution in [3.8, 4) is 17.1 Å². The van der Waals surface area contributed by atoms with Gasteiger partial charge in [-0.3, -0.25) is 4.68 Å². The monoisotopic (exact) mass is 260 g/mol. The fourth-order valence-electron chi connectivity index (χ4n) is 1.97. The second-order valence-corrected chi connectivity index (χ2v) is 4.79. The van der Waals surface area contributed by atoms with Crippen molar-refractivity contribution in [1.29, 1.82) is 0 Å². The van der Waals surface area contributed by atoms with Crippen molar-refractivity contribution >= 4 is 0 Å². The number of nitrogens with zero attached hydrogens (tertiary/aromatic N) is 3. The molecule has 5 heteroatoms. The lowest BCUT2D eigenvalue weighted by Crippen LogP contribution is -2.05. The van der Waals surface area contributed by atoms with E-state index in [1.54, 1.807) is 11.8 Å². The Labute approximate surface area is 113 Å². The van der Waals surface area contributed by atoms with Crippen LogP contribution in [-0.2, 0) is 13.6 Å². The van der Waals surface area contributed by atoms with Crippen LogP contribution < -0.4 is 10.5 Å². The Morgan fingerprint density at radius 1 is 1.37 bits per heavy atom. The molecule has 0 unspecified atom stereocenters. The number of rotatable bonds is 4. The largest absolute Gasteiger partial charge is 0.496 e. The average molecular weight is 260 g/mol. The number of ether oxygens (including phenoxy) is 1. The molecule has 0 saturated heterocycles.